The molecule has 0 bridgehead atoms. The third-order valence-corrected chi connectivity index (χ3v) is 2.99. The van der Waals surface area contributed by atoms with E-state index in [0.29, 0.717) is 22.3 Å². The fourth-order valence-electron chi connectivity index (χ4n) is 1.94. The van der Waals surface area contributed by atoms with Crippen LogP contribution in [0.15, 0.2) is 18.2 Å². The molecule has 2 rings (SSSR count). The van der Waals surface area contributed by atoms with Gasteiger partial charge in [-0.3, -0.25) is 5.10 Å². The number of anilines is 1. The Morgan fingerprint density at radius 3 is 2.78 bits per heavy atom. The van der Waals surface area contributed by atoms with E-state index in [1.807, 2.05) is 0 Å². The van der Waals surface area contributed by atoms with E-state index in [-0.39, 0.29) is 5.82 Å². The quantitative estimate of drug-likeness (QED) is 0.892. The molecule has 0 atom stereocenters. The zero-order valence-corrected chi connectivity index (χ0v) is 11.1. The number of nitrogens with one attached hydrogen (secondary N) is 1. The maximum absolute atomic E-state index is 13.1. The molecule has 3 N–H and O–H groups in total. The first-order chi connectivity index (χ1) is 8.49. The lowest BCUT2D eigenvalue weighted by atomic mass is 9.99. The predicted molar refractivity (Wildman–Crippen MR) is 71.9 cm³/mol. The van der Waals surface area contributed by atoms with Crippen LogP contribution in [0.25, 0.3) is 11.1 Å². The molecule has 0 spiro atoms. The number of halogens is 2. The highest BCUT2D eigenvalue weighted by Gasteiger charge is 2.16. The lowest BCUT2D eigenvalue weighted by molar-refractivity contribution is 0.627. The molecular formula is C13H15ClFN3. The topological polar surface area (TPSA) is 54.7 Å². The minimum absolute atomic E-state index is 0.341. The zero-order chi connectivity index (χ0) is 13.3. The molecule has 1 heterocycles. The van der Waals surface area contributed by atoms with Gasteiger partial charge >= 0.3 is 0 Å². The summed E-state index contributed by atoms with van der Waals surface area (Å²) in [5.41, 5.74) is 8.27. The molecule has 5 heteroatoms. The van der Waals surface area contributed by atoms with Crippen molar-refractivity contribution in [3.05, 3.63) is 34.7 Å². The first-order valence-corrected chi connectivity index (χ1v) is 6.15. The highest BCUT2D eigenvalue weighted by Crippen LogP contribution is 2.34. The number of hydrogen-bond acceptors (Lipinski definition) is 2. The van der Waals surface area contributed by atoms with Crippen molar-refractivity contribution in [3.8, 4) is 11.1 Å². The van der Waals surface area contributed by atoms with Gasteiger partial charge in [-0.15, -0.1) is 0 Å². The van der Waals surface area contributed by atoms with Crippen LogP contribution in [0.3, 0.4) is 0 Å². The number of H-pyrrole nitrogens is 1. The van der Waals surface area contributed by atoms with E-state index in [0.717, 1.165) is 17.7 Å². The molecule has 0 saturated heterocycles. The predicted octanol–water partition coefficient (Wildman–Crippen LogP) is 3.65. The summed E-state index contributed by atoms with van der Waals surface area (Å²) in [6.45, 7) is 4.21. The van der Waals surface area contributed by atoms with Crippen LogP contribution in [0.1, 0.15) is 19.5 Å². The highest BCUT2D eigenvalue weighted by molar-refractivity contribution is 6.33. The van der Waals surface area contributed by atoms with Crippen LogP contribution in [0, 0.1) is 11.7 Å². The number of aromatic nitrogens is 2. The highest BCUT2D eigenvalue weighted by atomic mass is 35.5. The van der Waals surface area contributed by atoms with E-state index in [9.17, 15) is 4.39 Å². The number of aromatic amines is 1. The van der Waals surface area contributed by atoms with Gasteiger partial charge in [0.25, 0.3) is 0 Å². The van der Waals surface area contributed by atoms with Gasteiger partial charge in [0, 0.05) is 16.8 Å². The van der Waals surface area contributed by atoms with E-state index in [1.165, 1.54) is 12.1 Å². The summed E-state index contributed by atoms with van der Waals surface area (Å²) in [5, 5.41) is 7.27. The van der Waals surface area contributed by atoms with Gasteiger partial charge in [0.15, 0.2) is 5.82 Å². The smallest absolute Gasteiger partial charge is 0.153 e. The average Bonchev–Trinajstić information content (AvgIpc) is 2.60. The van der Waals surface area contributed by atoms with E-state index in [1.54, 1.807) is 6.07 Å². The third-order valence-electron chi connectivity index (χ3n) is 2.68. The Bertz CT molecular complexity index is 563. The van der Waals surface area contributed by atoms with Gasteiger partial charge in [-0.1, -0.05) is 25.4 Å². The summed E-state index contributed by atoms with van der Waals surface area (Å²) in [6.07, 6.45) is 0.813. The number of benzene rings is 1. The van der Waals surface area contributed by atoms with Gasteiger partial charge < -0.3 is 5.73 Å². The average molecular weight is 268 g/mol. The van der Waals surface area contributed by atoms with Gasteiger partial charge in [0.1, 0.15) is 5.82 Å². The van der Waals surface area contributed by atoms with Crippen molar-refractivity contribution in [3.63, 3.8) is 0 Å². The standard InChI is InChI=1S/C13H15ClFN3/c1-7(2)5-11-12(13(16)18-17-11)9-4-3-8(15)6-10(9)14/h3-4,6-7H,5H2,1-2H3,(H3,16,17,18). The van der Waals surface area contributed by atoms with E-state index in [4.69, 9.17) is 17.3 Å². The van der Waals surface area contributed by atoms with E-state index < -0.39 is 0 Å². The van der Waals surface area contributed by atoms with Crippen molar-refractivity contribution < 1.29 is 4.39 Å². The lowest BCUT2D eigenvalue weighted by Crippen LogP contribution is -1.97. The Kier molecular flexibility index (Phi) is 3.57. The van der Waals surface area contributed by atoms with Crippen LogP contribution in [0.4, 0.5) is 10.2 Å². The number of hydrogen-bond donors (Lipinski definition) is 2. The summed E-state index contributed by atoms with van der Waals surface area (Å²) in [6, 6.07) is 4.28. The maximum Gasteiger partial charge on any atom is 0.153 e. The summed E-state index contributed by atoms with van der Waals surface area (Å²) in [7, 11) is 0. The van der Waals surface area contributed by atoms with Crippen molar-refractivity contribution in [1.82, 2.24) is 10.2 Å². The van der Waals surface area contributed by atoms with Gasteiger partial charge in [-0.05, 0) is 30.5 Å². The van der Waals surface area contributed by atoms with Crippen LogP contribution >= 0.6 is 11.6 Å². The van der Waals surface area contributed by atoms with Crippen LogP contribution in [-0.2, 0) is 6.42 Å². The molecule has 0 radical (unpaired) electrons. The Morgan fingerprint density at radius 2 is 2.17 bits per heavy atom. The molecular weight excluding hydrogens is 253 g/mol. The third kappa shape index (κ3) is 2.48. The first-order valence-electron chi connectivity index (χ1n) is 5.77. The molecule has 1 aromatic heterocycles. The van der Waals surface area contributed by atoms with E-state index in [2.05, 4.69) is 24.0 Å². The second-order valence-corrected chi connectivity index (χ2v) is 5.09. The molecule has 0 aliphatic heterocycles. The number of rotatable bonds is 3. The Balaban J connectivity index is 2.52. The van der Waals surface area contributed by atoms with Gasteiger partial charge in [-0.25, -0.2) is 4.39 Å². The maximum atomic E-state index is 13.1. The van der Waals surface area contributed by atoms with Crippen molar-refractivity contribution in [2.45, 2.75) is 20.3 Å². The summed E-state index contributed by atoms with van der Waals surface area (Å²) >= 11 is 6.06. The Labute approximate surface area is 110 Å². The molecule has 3 nitrogen and oxygen atoms in total. The van der Waals surface area contributed by atoms with Crippen LogP contribution in [0.2, 0.25) is 5.02 Å². The van der Waals surface area contributed by atoms with Crippen LogP contribution < -0.4 is 5.73 Å². The van der Waals surface area contributed by atoms with Crippen molar-refractivity contribution >= 4 is 17.4 Å². The first kappa shape index (κ1) is 12.9. The molecule has 0 amide bonds. The molecule has 96 valence electrons. The molecule has 0 aliphatic carbocycles. The molecule has 0 aliphatic rings. The second kappa shape index (κ2) is 4.98. The minimum Gasteiger partial charge on any atom is -0.382 e. The van der Waals surface area contributed by atoms with Crippen molar-refractivity contribution in [2.75, 3.05) is 5.73 Å². The largest absolute Gasteiger partial charge is 0.382 e. The summed E-state index contributed by atoms with van der Waals surface area (Å²) in [4.78, 5) is 0. The fraction of sp³-hybridized carbons (Fsp3) is 0.308. The molecule has 1 aromatic carbocycles. The zero-order valence-electron chi connectivity index (χ0n) is 10.3. The molecule has 18 heavy (non-hydrogen) atoms. The normalized spacial score (nSPS) is 11.2. The lowest BCUT2D eigenvalue weighted by Gasteiger charge is -2.08. The van der Waals surface area contributed by atoms with Crippen molar-refractivity contribution in [2.24, 2.45) is 5.92 Å². The minimum atomic E-state index is -0.365. The number of nitrogens with zero attached hydrogens (tertiary/aromatic N) is 1. The second-order valence-electron chi connectivity index (χ2n) is 4.68. The van der Waals surface area contributed by atoms with Crippen molar-refractivity contribution in [1.29, 1.82) is 0 Å². The van der Waals surface area contributed by atoms with Gasteiger partial charge in [0.2, 0.25) is 0 Å². The molecule has 0 unspecified atom stereocenters. The van der Waals surface area contributed by atoms with Gasteiger partial charge in [0.05, 0.1) is 5.02 Å². The SMILES string of the molecule is CC(C)Cc1[nH]nc(N)c1-c1ccc(F)cc1Cl. The number of nitrogens with two attached hydrogens (primary N) is 1. The molecule has 0 fully saturated rings. The summed E-state index contributed by atoms with van der Waals surface area (Å²) in [5.74, 6) is 0.484. The monoisotopic (exact) mass is 267 g/mol. The van der Waals surface area contributed by atoms with Crippen LogP contribution in [0.5, 0.6) is 0 Å². The Morgan fingerprint density at radius 1 is 1.44 bits per heavy atom. The van der Waals surface area contributed by atoms with E-state index >= 15 is 0 Å². The Hall–Kier alpha value is -1.55. The van der Waals surface area contributed by atoms with Gasteiger partial charge in [-0.2, -0.15) is 5.10 Å². The fourth-order valence-corrected chi connectivity index (χ4v) is 2.20. The summed E-state index contributed by atoms with van der Waals surface area (Å²) < 4.78 is 13.1. The number of nitrogen functional groups attached to an aromatic ring is 1. The van der Waals surface area contributed by atoms with Crippen LogP contribution in [-0.4, -0.2) is 10.2 Å². The molecule has 2 aromatic rings. The molecule has 0 saturated carbocycles.